The van der Waals surface area contributed by atoms with Crippen molar-refractivity contribution in [3.63, 3.8) is 0 Å². The zero-order valence-electron chi connectivity index (χ0n) is 12.8. The van der Waals surface area contributed by atoms with Crippen molar-refractivity contribution in [3.05, 3.63) is 35.4 Å². The number of rotatable bonds is 3. The Balaban J connectivity index is 1.99. The number of aliphatic hydroxyl groups is 1. The van der Waals surface area contributed by atoms with E-state index in [2.05, 4.69) is 31.0 Å². The molecule has 1 saturated carbocycles. The fourth-order valence-corrected chi connectivity index (χ4v) is 2.76. The Morgan fingerprint density at radius 3 is 2.67 bits per heavy atom. The van der Waals surface area contributed by atoms with Gasteiger partial charge in [0.2, 0.25) is 0 Å². The van der Waals surface area contributed by atoms with Crippen LogP contribution < -0.4 is 5.32 Å². The van der Waals surface area contributed by atoms with E-state index in [-0.39, 0.29) is 24.0 Å². The second-order valence-corrected chi connectivity index (χ2v) is 6.26. The van der Waals surface area contributed by atoms with Gasteiger partial charge in [0.1, 0.15) is 0 Å². The molecule has 3 heteroatoms. The van der Waals surface area contributed by atoms with Gasteiger partial charge in [0.05, 0.1) is 6.61 Å². The van der Waals surface area contributed by atoms with E-state index >= 15 is 0 Å². The highest BCUT2D eigenvalue weighted by atomic mass is 16.2. The SMILES string of the molecule is CC1(C)CCCC1NC(=O)c1ccc(C#CCCO)cc1. The summed E-state index contributed by atoms with van der Waals surface area (Å²) in [4.78, 5) is 12.3. The molecule has 1 amide bonds. The summed E-state index contributed by atoms with van der Waals surface area (Å²) in [6.45, 7) is 4.50. The summed E-state index contributed by atoms with van der Waals surface area (Å²) in [6, 6.07) is 7.56. The first-order chi connectivity index (χ1) is 10.0. The molecule has 21 heavy (non-hydrogen) atoms. The maximum absolute atomic E-state index is 12.3. The fourth-order valence-electron chi connectivity index (χ4n) is 2.76. The first-order valence-corrected chi connectivity index (χ1v) is 7.53. The Morgan fingerprint density at radius 1 is 1.38 bits per heavy atom. The van der Waals surface area contributed by atoms with Crippen LogP contribution in [0.1, 0.15) is 55.5 Å². The van der Waals surface area contributed by atoms with Crippen LogP contribution in [0.25, 0.3) is 0 Å². The van der Waals surface area contributed by atoms with Gasteiger partial charge in [-0.25, -0.2) is 0 Å². The summed E-state index contributed by atoms with van der Waals surface area (Å²) in [5, 5.41) is 11.8. The van der Waals surface area contributed by atoms with Gasteiger partial charge in [-0.15, -0.1) is 0 Å². The topological polar surface area (TPSA) is 49.3 Å². The molecule has 1 aromatic carbocycles. The third-order valence-electron chi connectivity index (χ3n) is 4.18. The highest BCUT2D eigenvalue weighted by molar-refractivity contribution is 5.94. The molecule has 3 nitrogen and oxygen atoms in total. The zero-order chi connectivity index (χ0) is 15.3. The molecule has 0 bridgehead atoms. The Kier molecular flexibility index (Phi) is 5.03. The number of benzene rings is 1. The molecule has 2 N–H and O–H groups in total. The lowest BCUT2D eigenvalue weighted by molar-refractivity contribution is 0.0910. The van der Waals surface area contributed by atoms with Crippen LogP contribution in [0.5, 0.6) is 0 Å². The van der Waals surface area contributed by atoms with Gasteiger partial charge in [-0.05, 0) is 42.5 Å². The van der Waals surface area contributed by atoms with Crippen LogP contribution in [0, 0.1) is 17.3 Å². The van der Waals surface area contributed by atoms with Crippen molar-refractivity contribution in [1.82, 2.24) is 5.32 Å². The van der Waals surface area contributed by atoms with Crippen LogP contribution in [-0.2, 0) is 0 Å². The summed E-state index contributed by atoms with van der Waals surface area (Å²) < 4.78 is 0. The first-order valence-electron chi connectivity index (χ1n) is 7.53. The molecular formula is C18H23NO2. The third kappa shape index (κ3) is 4.09. The van der Waals surface area contributed by atoms with Crippen molar-refractivity contribution in [2.24, 2.45) is 5.41 Å². The Hall–Kier alpha value is -1.79. The molecule has 112 valence electrons. The summed E-state index contributed by atoms with van der Waals surface area (Å²) in [7, 11) is 0. The van der Waals surface area contributed by atoms with Gasteiger partial charge in [-0.2, -0.15) is 0 Å². The number of hydrogen-bond donors (Lipinski definition) is 2. The third-order valence-corrected chi connectivity index (χ3v) is 4.18. The van der Waals surface area contributed by atoms with E-state index in [1.54, 1.807) is 12.1 Å². The van der Waals surface area contributed by atoms with E-state index in [9.17, 15) is 4.79 Å². The average Bonchev–Trinajstić information content (AvgIpc) is 2.79. The van der Waals surface area contributed by atoms with Crippen molar-refractivity contribution in [2.45, 2.75) is 45.6 Å². The molecule has 0 saturated heterocycles. The smallest absolute Gasteiger partial charge is 0.251 e. The van der Waals surface area contributed by atoms with Crippen LogP contribution in [0.3, 0.4) is 0 Å². The average molecular weight is 285 g/mol. The molecule has 1 aliphatic rings. The van der Waals surface area contributed by atoms with E-state index in [0.29, 0.717) is 12.0 Å². The molecule has 0 heterocycles. The number of carbonyl (C=O) groups is 1. The van der Waals surface area contributed by atoms with Crippen LogP contribution in [0.2, 0.25) is 0 Å². The lowest BCUT2D eigenvalue weighted by Crippen LogP contribution is -2.41. The quantitative estimate of drug-likeness (QED) is 0.839. The van der Waals surface area contributed by atoms with E-state index in [0.717, 1.165) is 18.4 Å². The summed E-state index contributed by atoms with van der Waals surface area (Å²) in [5.41, 5.74) is 1.72. The molecular weight excluding hydrogens is 262 g/mol. The molecule has 0 radical (unpaired) electrons. The monoisotopic (exact) mass is 285 g/mol. The first kappa shape index (κ1) is 15.6. The molecule has 1 atom stereocenters. The predicted molar refractivity (Wildman–Crippen MR) is 83.9 cm³/mol. The zero-order valence-corrected chi connectivity index (χ0v) is 12.8. The minimum atomic E-state index is -0.00941. The molecule has 1 fully saturated rings. The number of nitrogens with one attached hydrogen (secondary N) is 1. The largest absolute Gasteiger partial charge is 0.395 e. The van der Waals surface area contributed by atoms with Gasteiger partial charge in [0, 0.05) is 23.6 Å². The van der Waals surface area contributed by atoms with Crippen LogP contribution in [-0.4, -0.2) is 23.7 Å². The molecule has 0 aliphatic heterocycles. The van der Waals surface area contributed by atoms with Crippen molar-refractivity contribution in [2.75, 3.05) is 6.61 Å². The second-order valence-electron chi connectivity index (χ2n) is 6.26. The van der Waals surface area contributed by atoms with Crippen LogP contribution in [0.15, 0.2) is 24.3 Å². The number of hydrogen-bond acceptors (Lipinski definition) is 2. The molecule has 1 unspecified atom stereocenters. The highest BCUT2D eigenvalue weighted by Crippen LogP contribution is 2.37. The van der Waals surface area contributed by atoms with E-state index < -0.39 is 0 Å². The Bertz CT molecular complexity index is 549. The number of carbonyl (C=O) groups excluding carboxylic acids is 1. The summed E-state index contributed by atoms with van der Waals surface area (Å²) in [6.07, 6.45) is 3.87. The van der Waals surface area contributed by atoms with Gasteiger partial charge in [-0.3, -0.25) is 4.79 Å². The van der Waals surface area contributed by atoms with Crippen molar-refractivity contribution < 1.29 is 9.90 Å². The van der Waals surface area contributed by atoms with Crippen molar-refractivity contribution in [3.8, 4) is 11.8 Å². The van der Waals surface area contributed by atoms with Crippen molar-refractivity contribution in [1.29, 1.82) is 0 Å². The predicted octanol–water partition coefficient (Wildman–Crippen LogP) is 2.73. The van der Waals surface area contributed by atoms with E-state index in [1.165, 1.54) is 6.42 Å². The molecule has 0 aromatic heterocycles. The lowest BCUT2D eigenvalue weighted by Gasteiger charge is -2.27. The minimum Gasteiger partial charge on any atom is -0.395 e. The van der Waals surface area contributed by atoms with Gasteiger partial charge in [0.25, 0.3) is 5.91 Å². The summed E-state index contributed by atoms with van der Waals surface area (Å²) >= 11 is 0. The van der Waals surface area contributed by atoms with E-state index in [1.807, 2.05) is 12.1 Å². The number of amides is 1. The maximum atomic E-state index is 12.3. The maximum Gasteiger partial charge on any atom is 0.251 e. The molecule has 1 aromatic rings. The van der Waals surface area contributed by atoms with Gasteiger partial charge < -0.3 is 10.4 Å². The Morgan fingerprint density at radius 2 is 2.10 bits per heavy atom. The van der Waals surface area contributed by atoms with Gasteiger partial charge in [0.15, 0.2) is 0 Å². The molecule has 2 rings (SSSR count). The van der Waals surface area contributed by atoms with E-state index in [4.69, 9.17) is 5.11 Å². The second kappa shape index (κ2) is 6.78. The minimum absolute atomic E-state index is 0.00941. The Labute approximate surface area is 126 Å². The standard InChI is InChI=1S/C18H23NO2/c1-18(2)12-5-7-16(18)19-17(21)15-10-8-14(9-11-15)6-3-4-13-20/h8-11,16,20H,4-5,7,12-13H2,1-2H3,(H,19,21). The molecule has 1 aliphatic carbocycles. The van der Waals surface area contributed by atoms with Crippen LogP contribution in [0.4, 0.5) is 0 Å². The number of aliphatic hydroxyl groups excluding tert-OH is 1. The normalized spacial score (nSPS) is 19.7. The summed E-state index contributed by atoms with van der Waals surface area (Å²) in [5.74, 6) is 5.82. The highest BCUT2D eigenvalue weighted by Gasteiger charge is 2.35. The van der Waals surface area contributed by atoms with Gasteiger partial charge in [-0.1, -0.05) is 32.1 Å². The molecule has 0 spiro atoms. The van der Waals surface area contributed by atoms with Crippen LogP contribution >= 0.6 is 0 Å². The fraction of sp³-hybridized carbons (Fsp3) is 0.500. The van der Waals surface area contributed by atoms with Crippen molar-refractivity contribution >= 4 is 5.91 Å². The lowest BCUT2D eigenvalue weighted by atomic mass is 9.87. The van der Waals surface area contributed by atoms with Gasteiger partial charge >= 0.3 is 0 Å².